The quantitative estimate of drug-likeness (QED) is 0.295. The smallest absolute Gasteiger partial charge is 0.398 e. The van der Waals surface area contributed by atoms with Crippen LogP contribution in [0.1, 0.15) is 29.2 Å². The predicted octanol–water partition coefficient (Wildman–Crippen LogP) is 3.93. The standard InChI is InChI=1S/C18H17F4NO4S/c1-26-4-5-27-17(25)12-8-23(10-2-3-10)14-7-15(28-9-18(20,21)22)13(19)6-11(14)16(12)24/h6-8,10H,2-5,9H2,1H3. The van der Waals surface area contributed by atoms with Gasteiger partial charge in [0.2, 0.25) is 5.43 Å². The monoisotopic (exact) mass is 419 g/mol. The summed E-state index contributed by atoms with van der Waals surface area (Å²) in [7, 11) is 1.43. The second-order valence-electron chi connectivity index (χ2n) is 6.34. The second-order valence-corrected chi connectivity index (χ2v) is 7.36. The highest BCUT2D eigenvalue weighted by Gasteiger charge is 2.30. The van der Waals surface area contributed by atoms with Gasteiger partial charge in [0.15, 0.2) is 0 Å². The Morgan fingerprint density at radius 1 is 1.29 bits per heavy atom. The van der Waals surface area contributed by atoms with Gasteiger partial charge in [0.25, 0.3) is 0 Å². The van der Waals surface area contributed by atoms with Crippen LogP contribution in [0.25, 0.3) is 10.9 Å². The van der Waals surface area contributed by atoms with E-state index in [-0.39, 0.29) is 35.1 Å². The van der Waals surface area contributed by atoms with E-state index in [0.29, 0.717) is 17.3 Å². The van der Waals surface area contributed by atoms with Gasteiger partial charge in [-0.1, -0.05) is 0 Å². The number of alkyl halides is 3. The van der Waals surface area contributed by atoms with Gasteiger partial charge >= 0.3 is 12.1 Å². The van der Waals surface area contributed by atoms with Crippen LogP contribution < -0.4 is 5.43 Å². The van der Waals surface area contributed by atoms with E-state index >= 15 is 0 Å². The second kappa shape index (κ2) is 8.12. The van der Waals surface area contributed by atoms with E-state index in [9.17, 15) is 27.2 Å². The minimum absolute atomic E-state index is 0.000414. The fraction of sp³-hybridized carbons (Fsp3) is 0.444. The molecule has 2 aromatic rings. The molecule has 0 saturated heterocycles. The van der Waals surface area contributed by atoms with Crippen molar-refractivity contribution in [1.29, 1.82) is 0 Å². The lowest BCUT2D eigenvalue weighted by atomic mass is 10.1. The molecule has 0 radical (unpaired) electrons. The largest absolute Gasteiger partial charge is 0.460 e. The molecule has 3 rings (SSSR count). The fourth-order valence-corrected chi connectivity index (χ4v) is 3.43. The molecule has 1 aromatic heterocycles. The Morgan fingerprint density at radius 2 is 2.00 bits per heavy atom. The van der Waals surface area contributed by atoms with E-state index in [1.807, 2.05) is 0 Å². The third kappa shape index (κ3) is 4.67. The van der Waals surface area contributed by atoms with Crippen molar-refractivity contribution < 1.29 is 31.8 Å². The molecule has 152 valence electrons. The highest BCUT2D eigenvalue weighted by molar-refractivity contribution is 7.99. The van der Waals surface area contributed by atoms with Crippen molar-refractivity contribution in [3.05, 3.63) is 39.9 Å². The highest BCUT2D eigenvalue weighted by atomic mass is 32.2. The van der Waals surface area contributed by atoms with Crippen LogP contribution in [0.5, 0.6) is 0 Å². The van der Waals surface area contributed by atoms with Crippen LogP contribution in [0, 0.1) is 5.82 Å². The van der Waals surface area contributed by atoms with E-state index in [0.717, 1.165) is 18.9 Å². The number of carbonyl (C=O) groups excluding carboxylic acids is 1. The molecule has 1 aliphatic rings. The maximum absolute atomic E-state index is 14.3. The van der Waals surface area contributed by atoms with Gasteiger partial charge in [0, 0.05) is 29.6 Å². The number of benzene rings is 1. The van der Waals surface area contributed by atoms with Gasteiger partial charge in [0.05, 0.1) is 17.9 Å². The molecular formula is C18H17F4NO4S. The molecule has 28 heavy (non-hydrogen) atoms. The number of aromatic nitrogens is 1. The van der Waals surface area contributed by atoms with Crippen LogP contribution in [-0.4, -0.2) is 42.8 Å². The van der Waals surface area contributed by atoms with E-state index in [4.69, 9.17) is 9.47 Å². The van der Waals surface area contributed by atoms with Gasteiger partial charge in [-0.25, -0.2) is 9.18 Å². The molecule has 10 heteroatoms. The molecule has 0 aliphatic heterocycles. The zero-order valence-corrected chi connectivity index (χ0v) is 15.7. The minimum Gasteiger partial charge on any atom is -0.460 e. The van der Waals surface area contributed by atoms with Gasteiger partial charge in [-0.3, -0.25) is 4.79 Å². The van der Waals surface area contributed by atoms with Gasteiger partial charge in [-0.2, -0.15) is 13.2 Å². The summed E-state index contributed by atoms with van der Waals surface area (Å²) in [6.45, 7) is 0.113. The first kappa shape index (κ1) is 20.7. The SMILES string of the molecule is COCCOC(=O)c1cn(C2CC2)c2cc(SCC(F)(F)F)c(F)cc2c1=O. The summed E-state index contributed by atoms with van der Waals surface area (Å²) in [5, 5.41) is -0.0676. The van der Waals surface area contributed by atoms with Crippen molar-refractivity contribution in [1.82, 2.24) is 4.57 Å². The number of esters is 1. The molecule has 1 saturated carbocycles. The molecule has 1 aliphatic carbocycles. The zero-order chi connectivity index (χ0) is 20.5. The average Bonchev–Trinajstić information content (AvgIpc) is 3.45. The minimum atomic E-state index is -4.45. The Hall–Kier alpha value is -2.07. The Bertz CT molecular complexity index is 953. The van der Waals surface area contributed by atoms with E-state index in [2.05, 4.69) is 0 Å². The van der Waals surface area contributed by atoms with Crippen LogP contribution >= 0.6 is 11.8 Å². The van der Waals surface area contributed by atoms with Crippen LogP contribution in [0.4, 0.5) is 17.6 Å². The number of methoxy groups -OCH3 is 1. The summed E-state index contributed by atoms with van der Waals surface area (Å²) < 4.78 is 63.2. The molecule has 0 atom stereocenters. The summed E-state index contributed by atoms with van der Waals surface area (Å²) >= 11 is 0.319. The molecule has 1 heterocycles. The maximum Gasteiger partial charge on any atom is 0.398 e. The van der Waals surface area contributed by atoms with Crippen molar-refractivity contribution in [3.8, 4) is 0 Å². The number of fused-ring (bicyclic) bond motifs is 1. The first-order valence-electron chi connectivity index (χ1n) is 8.45. The van der Waals surface area contributed by atoms with Crippen molar-refractivity contribution >= 4 is 28.6 Å². The topological polar surface area (TPSA) is 57.5 Å². The van der Waals surface area contributed by atoms with Crippen LogP contribution in [0.2, 0.25) is 0 Å². The predicted molar refractivity (Wildman–Crippen MR) is 95.4 cm³/mol. The van der Waals surface area contributed by atoms with Crippen LogP contribution in [0.15, 0.2) is 28.0 Å². The number of pyridine rings is 1. The maximum atomic E-state index is 14.3. The molecule has 0 bridgehead atoms. The third-order valence-corrected chi connectivity index (χ3v) is 5.25. The summed E-state index contributed by atoms with van der Waals surface area (Å²) in [4.78, 5) is 24.7. The van der Waals surface area contributed by atoms with E-state index in [1.54, 1.807) is 4.57 Å². The van der Waals surface area contributed by atoms with Crippen LogP contribution in [-0.2, 0) is 9.47 Å². The fourth-order valence-electron chi connectivity index (χ4n) is 2.72. The third-order valence-electron chi connectivity index (χ3n) is 4.16. The lowest BCUT2D eigenvalue weighted by molar-refractivity contribution is -0.105. The van der Waals surface area contributed by atoms with Gasteiger partial charge in [-0.05, 0) is 25.0 Å². The summed E-state index contributed by atoms with van der Waals surface area (Å²) in [5.41, 5.74) is -0.668. The number of carbonyl (C=O) groups is 1. The average molecular weight is 419 g/mol. The Kier molecular flexibility index (Phi) is 5.99. The van der Waals surface area contributed by atoms with Gasteiger partial charge in [0.1, 0.15) is 18.0 Å². The molecule has 1 aromatic carbocycles. The van der Waals surface area contributed by atoms with Gasteiger partial charge in [-0.15, -0.1) is 11.8 Å². The summed E-state index contributed by atoms with van der Waals surface area (Å²) in [6, 6.07) is 2.13. The lowest BCUT2D eigenvalue weighted by Gasteiger charge is -2.14. The Labute approximate surface area is 161 Å². The van der Waals surface area contributed by atoms with Crippen molar-refractivity contribution in [2.24, 2.45) is 0 Å². The van der Waals surface area contributed by atoms with E-state index < -0.39 is 29.1 Å². The number of rotatable bonds is 7. The van der Waals surface area contributed by atoms with Crippen molar-refractivity contribution in [2.75, 3.05) is 26.1 Å². The van der Waals surface area contributed by atoms with E-state index in [1.165, 1.54) is 19.4 Å². The molecule has 0 unspecified atom stereocenters. The summed E-state index contributed by atoms with van der Waals surface area (Å²) in [6.07, 6.45) is -1.53. The normalized spacial score (nSPS) is 14.5. The number of thioether (sulfide) groups is 1. The molecule has 0 amide bonds. The molecule has 0 spiro atoms. The number of halogens is 4. The Morgan fingerprint density at radius 3 is 2.61 bits per heavy atom. The van der Waals surface area contributed by atoms with Crippen LogP contribution in [0.3, 0.4) is 0 Å². The zero-order valence-electron chi connectivity index (χ0n) is 14.8. The number of hydrogen-bond acceptors (Lipinski definition) is 5. The molecule has 5 nitrogen and oxygen atoms in total. The lowest BCUT2D eigenvalue weighted by Crippen LogP contribution is -2.22. The molecule has 0 N–H and O–H groups in total. The number of nitrogens with zero attached hydrogens (tertiary/aromatic N) is 1. The molecular weight excluding hydrogens is 402 g/mol. The number of ether oxygens (including phenoxy) is 2. The first-order chi connectivity index (χ1) is 13.2. The number of hydrogen-bond donors (Lipinski definition) is 0. The van der Waals surface area contributed by atoms with Crippen molar-refractivity contribution in [2.45, 2.75) is 30.0 Å². The Balaban J connectivity index is 2.04. The van der Waals surface area contributed by atoms with Crippen molar-refractivity contribution in [3.63, 3.8) is 0 Å². The molecule has 1 fully saturated rings. The first-order valence-corrected chi connectivity index (χ1v) is 9.44. The van der Waals surface area contributed by atoms with Gasteiger partial charge < -0.3 is 14.0 Å². The highest BCUT2D eigenvalue weighted by Crippen LogP contribution is 2.38. The summed E-state index contributed by atoms with van der Waals surface area (Å²) in [5.74, 6) is -3.03.